The third-order valence-electron chi connectivity index (χ3n) is 9.03. The summed E-state index contributed by atoms with van der Waals surface area (Å²) in [5, 5.41) is 0. The molecule has 2 aliphatic heterocycles. The molecular formula is C38H48N8. The maximum atomic E-state index is 2.50. The van der Waals surface area contributed by atoms with Gasteiger partial charge in [0.05, 0.1) is 0 Å². The van der Waals surface area contributed by atoms with Gasteiger partial charge in [-0.15, -0.1) is 0 Å². The number of anilines is 8. The molecule has 240 valence electrons. The predicted octanol–water partition coefficient (Wildman–Crippen LogP) is 6.43. The first-order chi connectivity index (χ1) is 22.1. The maximum Gasteiger partial charge on any atom is 0.156 e. The topological polar surface area (TPSA) is 25.9 Å². The Morgan fingerprint density at radius 1 is 0.304 bits per heavy atom. The van der Waals surface area contributed by atoms with Crippen LogP contribution in [0, 0.1) is 0 Å². The lowest BCUT2D eigenvalue weighted by Gasteiger charge is -2.34. The van der Waals surface area contributed by atoms with E-state index < -0.39 is 0 Å². The van der Waals surface area contributed by atoms with Crippen molar-refractivity contribution in [3.05, 3.63) is 109 Å². The molecule has 0 spiro atoms. The van der Waals surface area contributed by atoms with Crippen molar-refractivity contribution in [3.8, 4) is 0 Å². The van der Waals surface area contributed by atoms with Gasteiger partial charge >= 0.3 is 0 Å². The predicted molar refractivity (Wildman–Crippen MR) is 199 cm³/mol. The first-order valence-corrected chi connectivity index (χ1v) is 16.1. The zero-order chi connectivity index (χ0) is 32.5. The molecule has 0 N–H and O–H groups in total. The van der Waals surface area contributed by atoms with Crippen molar-refractivity contribution in [2.24, 2.45) is 0 Å². The van der Waals surface area contributed by atoms with Gasteiger partial charge in [0.15, 0.2) is 11.6 Å². The van der Waals surface area contributed by atoms with Gasteiger partial charge in [0, 0.05) is 128 Å². The SMILES string of the molecule is CN(C)c1ccc(N2CCN(c3ccc(N(C)C)cc3)C2=C2N(c3ccc(N(C)C)cc3)CCN2c2ccc(N(C)C)cc2)cc1. The number of hydrogen-bond acceptors (Lipinski definition) is 8. The van der Waals surface area contributed by atoms with Gasteiger partial charge in [0.25, 0.3) is 0 Å². The molecule has 2 aliphatic rings. The molecule has 0 aromatic heterocycles. The Kier molecular flexibility index (Phi) is 8.63. The molecule has 0 radical (unpaired) electrons. The van der Waals surface area contributed by atoms with Gasteiger partial charge in [-0.25, -0.2) is 0 Å². The van der Waals surface area contributed by atoms with Crippen molar-refractivity contribution in [2.45, 2.75) is 0 Å². The molecular weight excluding hydrogens is 568 g/mol. The molecule has 4 aromatic carbocycles. The number of nitrogens with zero attached hydrogens (tertiary/aromatic N) is 8. The lowest BCUT2D eigenvalue weighted by Crippen LogP contribution is -2.34. The van der Waals surface area contributed by atoms with E-state index in [0.717, 1.165) is 26.2 Å². The number of hydrogen-bond donors (Lipinski definition) is 0. The Balaban J connectivity index is 1.54. The summed E-state index contributed by atoms with van der Waals surface area (Å²) < 4.78 is 0. The summed E-state index contributed by atoms with van der Waals surface area (Å²) >= 11 is 0. The Labute approximate surface area is 275 Å². The summed E-state index contributed by atoms with van der Waals surface area (Å²) in [6.07, 6.45) is 0. The summed E-state index contributed by atoms with van der Waals surface area (Å²) in [6.45, 7) is 3.54. The van der Waals surface area contributed by atoms with Crippen LogP contribution in [0.25, 0.3) is 0 Å². The van der Waals surface area contributed by atoms with Crippen LogP contribution in [0.5, 0.6) is 0 Å². The first kappa shape index (κ1) is 31.0. The van der Waals surface area contributed by atoms with Gasteiger partial charge in [-0.2, -0.15) is 0 Å². The van der Waals surface area contributed by atoms with E-state index in [1.165, 1.54) is 57.1 Å². The molecule has 46 heavy (non-hydrogen) atoms. The highest BCUT2D eigenvalue weighted by molar-refractivity contribution is 5.75. The third kappa shape index (κ3) is 5.99. The minimum Gasteiger partial charge on any atom is -0.378 e. The maximum absolute atomic E-state index is 2.50. The van der Waals surface area contributed by atoms with Crippen LogP contribution in [0.3, 0.4) is 0 Å². The van der Waals surface area contributed by atoms with Crippen molar-refractivity contribution >= 4 is 45.5 Å². The summed E-state index contributed by atoms with van der Waals surface area (Å²) in [5.41, 5.74) is 9.55. The van der Waals surface area contributed by atoms with Crippen molar-refractivity contribution in [1.29, 1.82) is 0 Å². The lowest BCUT2D eigenvalue weighted by atomic mass is 10.2. The van der Waals surface area contributed by atoms with Crippen molar-refractivity contribution in [1.82, 2.24) is 0 Å². The standard InChI is InChI=1S/C38H48N8/c1-39(2)29-9-17-33(18-10-29)43-25-26-44(34-19-11-30(12-20-34)40(3)4)37(43)38-45(35-21-13-31(14-22-35)41(5)6)27-28-46(38)36-23-15-32(16-24-36)42(7)8/h9-24H,25-28H2,1-8H3. The van der Waals surface area contributed by atoms with E-state index in [9.17, 15) is 0 Å². The fourth-order valence-corrected chi connectivity index (χ4v) is 6.33. The van der Waals surface area contributed by atoms with Crippen LogP contribution in [-0.2, 0) is 0 Å². The second kappa shape index (κ2) is 12.8. The van der Waals surface area contributed by atoms with E-state index in [-0.39, 0.29) is 0 Å². The molecule has 4 aromatic rings. The van der Waals surface area contributed by atoms with Gasteiger partial charge < -0.3 is 39.2 Å². The van der Waals surface area contributed by atoms with Crippen LogP contribution < -0.4 is 39.2 Å². The fraction of sp³-hybridized carbons (Fsp3) is 0.316. The molecule has 2 fully saturated rings. The quantitative estimate of drug-likeness (QED) is 0.224. The molecule has 0 amide bonds. The molecule has 2 heterocycles. The van der Waals surface area contributed by atoms with Crippen LogP contribution in [0.15, 0.2) is 109 Å². The molecule has 0 atom stereocenters. The molecule has 6 rings (SSSR count). The van der Waals surface area contributed by atoms with E-state index in [0.29, 0.717) is 0 Å². The highest BCUT2D eigenvalue weighted by Crippen LogP contribution is 2.41. The Morgan fingerprint density at radius 2 is 0.478 bits per heavy atom. The average Bonchev–Trinajstić information content (AvgIpc) is 3.69. The Bertz CT molecular complexity index is 1390. The van der Waals surface area contributed by atoms with E-state index in [1.54, 1.807) is 0 Å². The van der Waals surface area contributed by atoms with Crippen molar-refractivity contribution < 1.29 is 0 Å². The largest absolute Gasteiger partial charge is 0.378 e. The molecule has 0 aliphatic carbocycles. The summed E-state index contributed by atoms with van der Waals surface area (Å²) in [6, 6.07) is 35.8. The van der Waals surface area contributed by atoms with Crippen LogP contribution >= 0.6 is 0 Å². The normalized spacial score (nSPS) is 14.8. The zero-order valence-electron chi connectivity index (χ0n) is 28.6. The second-order valence-electron chi connectivity index (χ2n) is 12.9. The molecule has 8 nitrogen and oxygen atoms in total. The number of benzene rings is 4. The van der Waals surface area contributed by atoms with Crippen LogP contribution in [-0.4, -0.2) is 82.6 Å². The van der Waals surface area contributed by atoms with E-state index >= 15 is 0 Å². The molecule has 2 saturated heterocycles. The number of rotatable bonds is 8. The highest BCUT2D eigenvalue weighted by Gasteiger charge is 2.38. The summed E-state index contributed by atoms with van der Waals surface area (Å²) in [4.78, 5) is 18.6. The average molecular weight is 617 g/mol. The zero-order valence-corrected chi connectivity index (χ0v) is 28.6. The minimum atomic E-state index is 0.885. The van der Waals surface area contributed by atoms with Crippen LogP contribution in [0.2, 0.25) is 0 Å². The first-order valence-electron chi connectivity index (χ1n) is 16.1. The van der Waals surface area contributed by atoms with Gasteiger partial charge in [-0.3, -0.25) is 0 Å². The molecule has 8 heteroatoms. The molecule has 0 unspecified atom stereocenters. The van der Waals surface area contributed by atoms with Gasteiger partial charge in [0.2, 0.25) is 0 Å². The van der Waals surface area contributed by atoms with Crippen LogP contribution in [0.4, 0.5) is 45.5 Å². The summed E-state index contributed by atoms with van der Waals surface area (Å²) in [7, 11) is 16.7. The fourth-order valence-electron chi connectivity index (χ4n) is 6.33. The van der Waals surface area contributed by atoms with Gasteiger partial charge in [-0.1, -0.05) is 0 Å². The minimum absolute atomic E-state index is 0.885. The van der Waals surface area contributed by atoms with Crippen LogP contribution in [0.1, 0.15) is 0 Å². The molecule has 0 saturated carbocycles. The highest BCUT2D eigenvalue weighted by atomic mass is 15.5. The Hall–Kier alpha value is -4.98. The van der Waals surface area contributed by atoms with E-state index in [2.05, 4.69) is 193 Å². The molecule has 0 bridgehead atoms. The smallest absolute Gasteiger partial charge is 0.156 e. The van der Waals surface area contributed by atoms with Gasteiger partial charge in [-0.05, 0) is 97.1 Å². The summed E-state index contributed by atoms with van der Waals surface area (Å²) in [5.74, 6) is 2.39. The lowest BCUT2D eigenvalue weighted by molar-refractivity contribution is 0.965. The van der Waals surface area contributed by atoms with Crippen molar-refractivity contribution in [3.63, 3.8) is 0 Å². The van der Waals surface area contributed by atoms with Gasteiger partial charge in [0.1, 0.15) is 0 Å². The third-order valence-corrected chi connectivity index (χ3v) is 9.03. The van der Waals surface area contributed by atoms with E-state index in [1.807, 2.05) is 0 Å². The Morgan fingerprint density at radius 3 is 0.630 bits per heavy atom. The van der Waals surface area contributed by atoms with Crippen molar-refractivity contribution in [2.75, 3.05) is 122 Å². The monoisotopic (exact) mass is 616 g/mol. The van der Waals surface area contributed by atoms with E-state index in [4.69, 9.17) is 0 Å². The second-order valence-corrected chi connectivity index (χ2v) is 12.9.